The lowest BCUT2D eigenvalue weighted by Gasteiger charge is -2.08. The van der Waals surface area contributed by atoms with E-state index in [1.165, 1.54) is 24.0 Å². The Labute approximate surface area is 157 Å². The molecule has 1 N–H and O–H groups in total. The van der Waals surface area contributed by atoms with Crippen LogP contribution in [0, 0.1) is 5.82 Å². The highest BCUT2D eigenvalue weighted by molar-refractivity contribution is 9.10. The summed E-state index contributed by atoms with van der Waals surface area (Å²) in [5.74, 6) is -0.226. The number of hydrogen-bond acceptors (Lipinski definition) is 4. The van der Waals surface area contributed by atoms with E-state index < -0.39 is 0 Å². The van der Waals surface area contributed by atoms with E-state index in [-0.39, 0.29) is 17.4 Å². The van der Waals surface area contributed by atoms with E-state index in [9.17, 15) is 9.18 Å². The summed E-state index contributed by atoms with van der Waals surface area (Å²) in [7, 11) is 0. The fourth-order valence-corrected chi connectivity index (χ4v) is 3.22. The third kappa shape index (κ3) is 4.64. The van der Waals surface area contributed by atoms with Crippen molar-refractivity contribution in [3.63, 3.8) is 0 Å². The Bertz CT molecular complexity index is 892. The summed E-state index contributed by atoms with van der Waals surface area (Å²) in [4.78, 5) is 20.9. The molecule has 0 fully saturated rings. The second-order valence-corrected chi connectivity index (χ2v) is 6.85. The summed E-state index contributed by atoms with van der Waals surface area (Å²) in [5.41, 5.74) is 1.47. The van der Waals surface area contributed by atoms with Crippen LogP contribution in [0.5, 0.6) is 0 Å². The number of aromatic nitrogens is 2. The summed E-state index contributed by atoms with van der Waals surface area (Å²) < 4.78 is 14.2. The van der Waals surface area contributed by atoms with Crippen LogP contribution in [0.3, 0.4) is 0 Å². The van der Waals surface area contributed by atoms with Crippen molar-refractivity contribution in [2.75, 3.05) is 5.32 Å². The van der Waals surface area contributed by atoms with Gasteiger partial charge in [0, 0.05) is 17.6 Å². The second kappa shape index (κ2) is 8.22. The van der Waals surface area contributed by atoms with E-state index in [2.05, 4.69) is 31.2 Å². The van der Waals surface area contributed by atoms with E-state index in [1.807, 2.05) is 18.2 Å². The van der Waals surface area contributed by atoms with Crippen LogP contribution in [0.15, 0.2) is 70.4 Å². The molecule has 1 heterocycles. The number of benzene rings is 2. The molecule has 0 radical (unpaired) electrons. The molecule has 1 aromatic heterocycles. The van der Waals surface area contributed by atoms with Gasteiger partial charge in [0.2, 0.25) is 0 Å². The Hall–Kier alpha value is -2.25. The third-order valence-corrected chi connectivity index (χ3v) is 4.77. The third-order valence-electron chi connectivity index (χ3n) is 3.28. The van der Waals surface area contributed by atoms with E-state index in [4.69, 9.17) is 0 Å². The fourth-order valence-electron chi connectivity index (χ4n) is 2.05. The predicted octanol–water partition coefficient (Wildman–Crippen LogP) is 4.92. The molecule has 0 aliphatic carbocycles. The molecule has 0 bridgehead atoms. The largest absolute Gasteiger partial charge is 0.321 e. The average molecular weight is 418 g/mol. The number of rotatable bonds is 5. The summed E-state index contributed by atoms with van der Waals surface area (Å²) in [6.45, 7) is 0. The number of para-hydroxylation sites is 1. The minimum atomic E-state index is -0.340. The number of nitrogens with zero attached hydrogens (tertiary/aromatic N) is 2. The van der Waals surface area contributed by atoms with E-state index in [0.29, 0.717) is 26.6 Å². The molecular weight excluding hydrogens is 405 g/mol. The molecule has 0 aliphatic heterocycles. The Kier molecular flexibility index (Phi) is 5.78. The van der Waals surface area contributed by atoms with Gasteiger partial charge in [-0.15, -0.1) is 0 Å². The lowest BCUT2D eigenvalue weighted by Crippen LogP contribution is -2.15. The topological polar surface area (TPSA) is 54.9 Å². The smallest absolute Gasteiger partial charge is 0.275 e. The quantitative estimate of drug-likeness (QED) is 0.472. The lowest BCUT2D eigenvalue weighted by atomic mass is 10.2. The standard InChI is InChI=1S/C18H13BrFN3OS/c19-14-10-21-18(25-11-12-6-4-5-9-15(12)20)23-16(14)17(24)22-13-7-2-1-3-8-13/h1-10H,11H2,(H,22,24). The number of nitrogens with one attached hydrogen (secondary N) is 1. The highest BCUT2D eigenvalue weighted by Crippen LogP contribution is 2.24. The van der Waals surface area contributed by atoms with Crippen LogP contribution in [0.1, 0.15) is 16.1 Å². The maximum Gasteiger partial charge on any atom is 0.275 e. The number of halogens is 2. The predicted molar refractivity (Wildman–Crippen MR) is 100 cm³/mol. The molecule has 3 aromatic rings. The first-order chi connectivity index (χ1) is 12.1. The molecule has 126 valence electrons. The Balaban J connectivity index is 1.74. The summed E-state index contributed by atoms with van der Waals surface area (Å²) in [6, 6.07) is 15.7. The van der Waals surface area contributed by atoms with Crippen LogP contribution in [-0.4, -0.2) is 15.9 Å². The number of amides is 1. The zero-order chi connectivity index (χ0) is 17.6. The van der Waals surface area contributed by atoms with Crippen LogP contribution < -0.4 is 5.32 Å². The molecule has 3 rings (SSSR count). The van der Waals surface area contributed by atoms with Crippen LogP contribution in [-0.2, 0) is 5.75 Å². The van der Waals surface area contributed by atoms with Gasteiger partial charge in [0.05, 0.1) is 4.47 Å². The van der Waals surface area contributed by atoms with Gasteiger partial charge in [-0.25, -0.2) is 14.4 Å². The van der Waals surface area contributed by atoms with Crippen molar-refractivity contribution in [1.82, 2.24) is 9.97 Å². The minimum Gasteiger partial charge on any atom is -0.321 e. The van der Waals surface area contributed by atoms with E-state index in [0.717, 1.165) is 0 Å². The van der Waals surface area contributed by atoms with Gasteiger partial charge in [0.1, 0.15) is 11.5 Å². The first-order valence-electron chi connectivity index (χ1n) is 7.38. The summed E-state index contributed by atoms with van der Waals surface area (Å²) in [6.07, 6.45) is 1.52. The maximum atomic E-state index is 13.7. The number of hydrogen-bond donors (Lipinski definition) is 1. The van der Waals surface area contributed by atoms with Gasteiger partial charge in [-0.3, -0.25) is 4.79 Å². The van der Waals surface area contributed by atoms with Crippen molar-refractivity contribution >= 4 is 39.3 Å². The van der Waals surface area contributed by atoms with Crippen LogP contribution >= 0.6 is 27.7 Å². The van der Waals surface area contributed by atoms with Crippen LogP contribution in [0.4, 0.5) is 10.1 Å². The van der Waals surface area contributed by atoms with Gasteiger partial charge in [0.25, 0.3) is 5.91 Å². The Morgan fingerprint density at radius 3 is 2.60 bits per heavy atom. The molecule has 0 saturated carbocycles. The van der Waals surface area contributed by atoms with Crippen molar-refractivity contribution < 1.29 is 9.18 Å². The molecule has 0 spiro atoms. The van der Waals surface area contributed by atoms with Gasteiger partial charge in [-0.1, -0.05) is 48.2 Å². The van der Waals surface area contributed by atoms with Crippen molar-refractivity contribution in [3.8, 4) is 0 Å². The van der Waals surface area contributed by atoms with E-state index >= 15 is 0 Å². The van der Waals surface area contributed by atoms with Gasteiger partial charge in [-0.05, 0) is 39.7 Å². The SMILES string of the molecule is O=C(Nc1ccccc1)c1nc(SCc2ccccc2F)ncc1Br. The molecule has 2 aromatic carbocycles. The molecular formula is C18H13BrFN3OS. The molecule has 0 atom stereocenters. The van der Waals surface area contributed by atoms with Gasteiger partial charge < -0.3 is 5.32 Å². The zero-order valence-electron chi connectivity index (χ0n) is 12.9. The minimum absolute atomic E-state index is 0.231. The first-order valence-corrected chi connectivity index (χ1v) is 9.16. The normalized spacial score (nSPS) is 10.5. The molecule has 0 unspecified atom stereocenters. The van der Waals surface area contributed by atoms with Gasteiger partial charge in [-0.2, -0.15) is 0 Å². The number of carbonyl (C=O) groups is 1. The molecule has 1 amide bonds. The molecule has 0 saturated heterocycles. The number of thioether (sulfide) groups is 1. The zero-order valence-corrected chi connectivity index (χ0v) is 15.3. The van der Waals surface area contributed by atoms with Crippen molar-refractivity contribution in [1.29, 1.82) is 0 Å². The Morgan fingerprint density at radius 1 is 1.12 bits per heavy atom. The van der Waals surface area contributed by atoms with Crippen LogP contribution in [0.25, 0.3) is 0 Å². The molecule has 25 heavy (non-hydrogen) atoms. The second-order valence-electron chi connectivity index (χ2n) is 5.05. The van der Waals surface area contributed by atoms with Gasteiger partial charge >= 0.3 is 0 Å². The molecule has 4 nitrogen and oxygen atoms in total. The fraction of sp³-hybridized carbons (Fsp3) is 0.0556. The van der Waals surface area contributed by atoms with Crippen molar-refractivity contribution in [3.05, 3.63) is 82.3 Å². The Morgan fingerprint density at radius 2 is 1.84 bits per heavy atom. The lowest BCUT2D eigenvalue weighted by molar-refractivity contribution is 0.102. The first kappa shape index (κ1) is 17.6. The van der Waals surface area contributed by atoms with Crippen molar-refractivity contribution in [2.24, 2.45) is 0 Å². The molecule has 7 heteroatoms. The highest BCUT2D eigenvalue weighted by atomic mass is 79.9. The highest BCUT2D eigenvalue weighted by Gasteiger charge is 2.15. The number of anilines is 1. The number of carbonyl (C=O) groups excluding carboxylic acids is 1. The monoisotopic (exact) mass is 417 g/mol. The maximum absolute atomic E-state index is 13.7. The summed E-state index contributed by atoms with van der Waals surface area (Å²) in [5, 5.41) is 3.19. The van der Waals surface area contributed by atoms with Crippen molar-refractivity contribution in [2.45, 2.75) is 10.9 Å². The van der Waals surface area contributed by atoms with Crippen LogP contribution in [0.2, 0.25) is 0 Å². The average Bonchev–Trinajstić information content (AvgIpc) is 2.63. The molecule has 0 aliphatic rings. The summed E-state index contributed by atoms with van der Waals surface area (Å²) >= 11 is 4.57. The van der Waals surface area contributed by atoms with E-state index in [1.54, 1.807) is 30.3 Å². The van der Waals surface area contributed by atoms with Gasteiger partial charge in [0.15, 0.2) is 5.16 Å².